The van der Waals surface area contributed by atoms with Gasteiger partial charge in [0, 0.05) is 19.0 Å². The second kappa shape index (κ2) is 7.08. The maximum atomic E-state index is 12.2. The topological polar surface area (TPSA) is 58.2 Å². The normalized spacial score (nSPS) is 11.2. The number of hydrogen-bond acceptors (Lipinski definition) is 2. The summed E-state index contributed by atoms with van der Waals surface area (Å²) in [6.45, 7) is 8.36. The number of rotatable bonds is 6. The molecule has 110 valence electrons. The zero-order chi connectivity index (χ0) is 15.2. The van der Waals surface area contributed by atoms with Crippen LogP contribution in [0.1, 0.15) is 33.3 Å². The van der Waals surface area contributed by atoms with Gasteiger partial charge in [0.2, 0.25) is 11.8 Å². The Morgan fingerprint density at radius 1 is 1.05 bits per heavy atom. The van der Waals surface area contributed by atoms with Crippen molar-refractivity contribution in [2.45, 2.75) is 33.1 Å². The van der Waals surface area contributed by atoms with Crippen LogP contribution in [0, 0.1) is 5.92 Å². The Morgan fingerprint density at radius 2 is 1.60 bits per heavy atom. The lowest BCUT2D eigenvalue weighted by molar-refractivity contribution is -0.126. The number of hydrogen-bond donors (Lipinski definition) is 2. The molecule has 0 heterocycles. The monoisotopic (exact) mass is 276 g/mol. The van der Waals surface area contributed by atoms with Gasteiger partial charge < -0.3 is 10.6 Å². The van der Waals surface area contributed by atoms with Gasteiger partial charge in [-0.2, -0.15) is 0 Å². The molecular weight excluding hydrogens is 252 g/mol. The predicted octanol–water partition coefficient (Wildman–Crippen LogP) is 1.85. The molecule has 2 amide bonds. The largest absolute Gasteiger partial charge is 0.354 e. The van der Waals surface area contributed by atoms with E-state index >= 15 is 0 Å². The molecule has 0 aliphatic rings. The molecule has 0 fully saturated rings. The van der Waals surface area contributed by atoms with Crippen LogP contribution in [0.4, 0.5) is 0 Å². The summed E-state index contributed by atoms with van der Waals surface area (Å²) in [6.07, 6.45) is 0. The third-order valence-electron chi connectivity index (χ3n) is 3.30. The van der Waals surface area contributed by atoms with Crippen LogP contribution in [-0.2, 0) is 15.0 Å². The second-order valence-electron chi connectivity index (χ2n) is 5.69. The summed E-state index contributed by atoms with van der Waals surface area (Å²) in [5, 5.41) is 5.64. The molecule has 0 aromatic heterocycles. The minimum absolute atomic E-state index is 0.00145. The molecule has 2 N–H and O–H groups in total. The van der Waals surface area contributed by atoms with E-state index in [1.165, 1.54) is 0 Å². The summed E-state index contributed by atoms with van der Waals surface area (Å²) < 4.78 is 0. The molecular formula is C16H24N2O2. The fourth-order valence-corrected chi connectivity index (χ4v) is 1.77. The van der Waals surface area contributed by atoms with Gasteiger partial charge in [-0.3, -0.25) is 9.59 Å². The van der Waals surface area contributed by atoms with E-state index in [2.05, 4.69) is 10.6 Å². The van der Waals surface area contributed by atoms with E-state index < -0.39 is 5.41 Å². The average molecular weight is 276 g/mol. The first-order valence-electron chi connectivity index (χ1n) is 6.97. The summed E-state index contributed by atoms with van der Waals surface area (Å²) in [6, 6.07) is 9.67. The van der Waals surface area contributed by atoms with Gasteiger partial charge in [0.1, 0.15) is 0 Å². The highest BCUT2D eigenvalue weighted by molar-refractivity contribution is 5.87. The van der Waals surface area contributed by atoms with E-state index in [1.54, 1.807) is 0 Å². The summed E-state index contributed by atoms with van der Waals surface area (Å²) >= 11 is 0. The minimum atomic E-state index is -0.580. The van der Waals surface area contributed by atoms with Crippen LogP contribution in [0.3, 0.4) is 0 Å². The Kier molecular flexibility index (Phi) is 5.74. The van der Waals surface area contributed by atoms with Crippen LogP contribution >= 0.6 is 0 Å². The van der Waals surface area contributed by atoms with Gasteiger partial charge in [-0.25, -0.2) is 0 Å². The van der Waals surface area contributed by atoms with Gasteiger partial charge in [-0.1, -0.05) is 44.2 Å². The van der Waals surface area contributed by atoms with Gasteiger partial charge in [0.25, 0.3) is 0 Å². The molecule has 20 heavy (non-hydrogen) atoms. The molecule has 0 spiro atoms. The predicted molar refractivity (Wildman–Crippen MR) is 80.3 cm³/mol. The lowest BCUT2D eigenvalue weighted by Gasteiger charge is -2.24. The van der Waals surface area contributed by atoms with E-state index in [-0.39, 0.29) is 17.7 Å². The Bertz CT molecular complexity index is 453. The molecule has 0 saturated carbocycles. The highest BCUT2D eigenvalue weighted by atomic mass is 16.2. The highest BCUT2D eigenvalue weighted by Crippen LogP contribution is 2.22. The van der Waals surface area contributed by atoms with Crippen molar-refractivity contribution < 1.29 is 9.59 Å². The molecule has 0 aliphatic carbocycles. The zero-order valence-corrected chi connectivity index (χ0v) is 12.7. The molecule has 4 heteroatoms. The quantitative estimate of drug-likeness (QED) is 0.779. The fraction of sp³-hybridized carbons (Fsp3) is 0.500. The van der Waals surface area contributed by atoms with E-state index in [0.717, 1.165) is 5.56 Å². The van der Waals surface area contributed by atoms with Crippen molar-refractivity contribution in [3.05, 3.63) is 35.9 Å². The molecule has 1 rings (SSSR count). The fourth-order valence-electron chi connectivity index (χ4n) is 1.77. The number of carbonyl (C=O) groups is 2. The molecule has 0 unspecified atom stereocenters. The summed E-state index contributed by atoms with van der Waals surface area (Å²) in [7, 11) is 0. The molecule has 1 aromatic carbocycles. The van der Waals surface area contributed by atoms with Crippen LogP contribution in [0.15, 0.2) is 30.3 Å². The van der Waals surface area contributed by atoms with Gasteiger partial charge >= 0.3 is 0 Å². The van der Waals surface area contributed by atoms with Crippen molar-refractivity contribution >= 4 is 11.8 Å². The molecule has 4 nitrogen and oxygen atoms in total. The van der Waals surface area contributed by atoms with Crippen molar-refractivity contribution in [1.29, 1.82) is 0 Å². The van der Waals surface area contributed by atoms with Crippen LogP contribution in [0.25, 0.3) is 0 Å². The van der Waals surface area contributed by atoms with Crippen molar-refractivity contribution in [2.24, 2.45) is 5.92 Å². The summed E-state index contributed by atoms with van der Waals surface area (Å²) in [4.78, 5) is 23.6. The number of benzene rings is 1. The molecule has 0 atom stereocenters. The Hall–Kier alpha value is -1.84. The van der Waals surface area contributed by atoms with E-state index in [4.69, 9.17) is 0 Å². The first kappa shape index (κ1) is 16.2. The van der Waals surface area contributed by atoms with Gasteiger partial charge in [0.05, 0.1) is 5.41 Å². The molecule has 0 bridgehead atoms. The number of carbonyl (C=O) groups excluding carboxylic acids is 2. The van der Waals surface area contributed by atoms with Crippen LogP contribution in [0.2, 0.25) is 0 Å². The minimum Gasteiger partial charge on any atom is -0.354 e. The lowest BCUT2D eigenvalue weighted by atomic mass is 9.84. The number of nitrogens with one attached hydrogen (secondary N) is 2. The third-order valence-corrected chi connectivity index (χ3v) is 3.30. The summed E-state index contributed by atoms with van der Waals surface area (Å²) in [5.74, 6) is -0.0736. The van der Waals surface area contributed by atoms with Crippen molar-refractivity contribution in [3.63, 3.8) is 0 Å². The van der Waals surface area contributed by atoms with E-state index in [9.17, 15) is 9.59 Å². The maximum absolute atomic E-state index is 12.2. The van der Waals surface area contributed by atoms with Gasteiger partial charge in [-0.05, 0) is 19.4 Å². The van der Waals surface area contributed by atoms with E-state index in [0.29, 0.717) is 13.1 Å². The average Bonchev–Trinajstić information content (AvgIpc) is 2.43. The molecule has 0 aliphatic heterocycles. The summed E-state index contributed by atoms with van der Waals surface area (Å²) in [5.41, 5.74) is 0.396. The Morgan fingerprint density at radius 3 is 2.15 bits per heavy atom. The zero-order valence-electron chi connectivity index (χ0n) is 12.7. The molecule has 0 saturated heterocycles. The van der Waals surface area contributed by atoms with Crippen LogP contribution in [0.5, 0.6) is 0 Å². The van der Waals surface area contributed by atoms with Crippen LogP contribution < -0.4 is 10.6 Å². The van der Waals surface area contributed by atoms with Crippen molar-refractivity contribution in [2.75, 3.05) is 13.1 Å². The Labute approximate surface area is 121 Å². The lowest BCUT2D eigenvalue weighted by Crippen LogP contribution is -2.43. The molecule has 0 radical (unpaired) electrons. The highest BCUT2D eigenvalue weighted by Gasteiger charge is 2.28. The van der Waals surface area contributed by atoms with E-state index in [1.807, 2.05) is 58.0 Å². The second-order valence-corrected chi connectivity index (χ2v) is 5.69. The Balaban J connectivity index is 2.45. The smallest absolute Gasteiger partial charge is 0.230 e. The van der Waals surface area contributed by atoms with Crippen molar-refractivity contribution in [1.82, 2.24) is 10.6 Å². The first-order chi connectivity index (χ1) is 9.35. The molecule has 1 aromatic rings. The number of amides is 2. The first-order valence-corrected chi connectivity index (χ1v) is 6.97. The van der Waals surface area contributed by atoms with Gasteiger partial charge in [0.15, 0.2) is 0 Å². The third kappa shape index (κ3) is 4.37. The standard InChI is InChI=1S/C16H24N2O2/c1-12(2)14(19)17-10-11-18-15(20)16(3,4)13-8-6-5-7-9-13/h5-9,12H,10-11H2,1-4H3,(H,17,19)(H,18,20). The van der Waals surface area contributed by atoms with Crippen LogP contribution in [-0.4, -0.2) is 24.9 Å². The van der Waals surface area contributed by atoms with Gasteiger partial charge in [-0.15, -0.1) is 0 Å². The maximum Gasteiger partial charge on any atom is 0.230 e. The SMILES string of the molecule is CC(C)C(=O)NCCNC(=O)C(C)(C)c1ccccc1. The van der Waals surface area contributed by atoms with Crippen molar-refractivity contribution in [3.8, 4) is 0 Å².